The number of thiophene rings is 1. The van der Waals surface area contributed by atoms with Crippen molar-refractivity contribution in [2.24, 2.45) is 0 Å². The first kappa shape index (κ1) is 21.0. The zero-order chi connectivity index (χ0) is 21.0. The van der Waals surface area contributed by atoms with Gasteiger partial charge in [-0.3, -0.25) is 9.59 Å². The monoisotopic (exact) mass is 439 g/mol. The van der Waals surface area contributed by atoms with Gasteiger partial charge >= 0.3 is 6.18 Å². The van der Waals surface area contributed by atoms with E-state index in [0.717, 1.165) is 10.9 Å². The number of hydrogen-bond acceptors (Lipinski definition) is 5. The Labute approximate surface area is 172 Å². The fraction of sp³-hybridized carbons (Fsp3) is 0.211. The van der Waals surface area contributed by atoms with Crippen LogP contribution in [0.4, 0.5) is 18.9 Å². The number of aromatic nitrogens is 1. The van der Waals surface area contributed by atoms with Crippen molar-refractivity contribution in [2.75, 3.05) is 18.4 Å². The Morgan fingerprint density at radius 2 is 1.93 bits per heavy atom. The number of thiazole rings is 1. The summed E-state index contributed by atoms with van der Waals surface area (Å²) in [6.45, 7) is 1.54. The van der Waals surface area contributed by atoms with E-state index in [1.54, 1.807) is 6.92 Å². The fourth-order valence-corrected chi connectivity index (χ4v) is 4.26. The third-order valence-electron chi connectivity index (χ3n) is 3.96. The Balaban J connectivity index is 1.70. The summed E-state index contributed by atoms with van der Waals surface area (Å²) in [5.41, 5.74) is -1.28. The molecule has 2 aromatic heterocycles. The molecular weight excluding hydrogens is 423 g/mol. The van der Waals surface area contributed by atoms with E-state index in [-0.39, 0.29) is 18.8 Å². The first-order valence-electron chi connectivity index (χ1n) is 8.54. The number of nitrogens with zero attached hydrogens (tertiary/aromatic N) is 2. The van der Waals surface area contributed by atoms with Gasteiger partial charge in [0.2, 0.25) is 5.91 Å². The van der Waals surface area contributed by atoms with Crippen LogP contribution in [0.25, 0.3) is 9.88 Å². The molecule has 1 aromatic carbocycles. The molecule has 0 radical (unpaired) electrons. The minimum Gasteiger partial charge on any atom is -0.329 e. The summed E-state index contributed by atoms with van der Waals surface area (Å²) in [5.74, 6) is -1.10. The van der Waals surface area contributed by atoms with Crippen molar-refractivity contribution in [1.29, 1.82) is 0 Å². The van der Waals surface area contributed by atoms with Crippen molar-refractivity contribution in [2.45, 2.75) is 13.1 Å². The van der Waals surface area contributed by atoms with E-state index in [2.05, 4.69) is 10.3 Å². The average Bonchev–Trinajstić information content (AvgIpc) is 3.36. The maximum Gasteiger partial charge on any atom is 0.418 e. The molecular formula is C19H16F3N3O2S2. The number of carbonyl (C=O) groups is 2. The molecule has 0 unspecified atom stereocenters. The highest BCUT2D eigenvalue weighted by molar-refractivity contribution is 7.21. The van der Waals surface area contributed by atoms with Gasteiger partial charge in [-0.2, -0.15) is 13.2 Å². The topological polar surface area (TPSA) is 62.3 Å². The molecule has 0 saturated carbocycles. The lowest BCUT2D eigenvalue weighted by Crippen LogP contribution is -2.37. The molecule has 5 nitrogen and oxygen atoms in total. The molecule has 0 saturated heterocycles. The first-order valence-corrected chi connectivity index (χ1v) is 10.2. The Morgan fingerprint density at radius 3 is 2.59 bits per heavy atom. The van der Waals surface area contributed by atoms with Crippen LogP contribution >= 0.6 is 22.7 Å². The number of alkyl halides is 3. The highest BCUT2D eigenvalue weighted by Gasteiger charge is 2.33. The molecule has 2 heterocycles. The predicted molar refractivity (Wildman–Crippen MR) is 107 cm³/mol. The van der Waals surface area contributed by atoms with Gasteiger partial charge in [0.05, 0.1) is 22.3 Å². The van der Waals surface area contributed by atoms with Gasteiger partial charge in [-0.15, -0.1) is 22.7 Å². The molecule has 0 aliphatic carbocycles. The van der Waals surface area contributed by atoms with Crippen LogP contribution in [0.5, 0.6) is 0 Å². The minimum atomic E-state index is -4.59. The van der Waals surface area contributed by atoms with Crippen molar-refractivity contribution >= 4 is 40.2 Å². The van der Waals surface area contributed by atoms with Crippen molar-refractivity contribution in [3.63, 3.8) is 0 Å². The van der Waals surface area contributed by atoms with Crippen molar-refractivity contribution in [1.82, 2.24) is 9.88 Å². The zero-order valence-electron chi connectivity index (χ0n) is 15.2. The summed E-state index contributed by atoms with van der Waals surface area (Å²) < 4.78 is 39.2. The lowest BCUT2D eigenvalue weighted by atomic mass is 10.1. The lowest BCUT2D eigenvalue weighted by Gasteiger charge is -2.20. The SMILES string of the molecule is CCN(CC(=O)Nc1ccccc1C(F)(F)F)C(=O)c1cnc(-c2cccs2)s1. The van der Waals surface area contributed by atoms with E-state index < -0.39 is 23.6 Å². The number of likely N-dealkylation sites (N-methyl/N-ethyl adjacent to an activating group) is 1. The van der Waals surface area contributed by atoms with E-state index in [4.69, 9.17) is 0 Å². The average molecular weight is 439 g/mol. The Morgan fingerprint density at radius 1 is 1.17 bits per heavy atom. The Bertz CT molecular complexity index is 1000. The van der Waals surface area contributed by atoms with Crippen molar-refractivity contribution < 1.29 is 22.8 Å². The zero-order valence-corrected chi connectivity index (χ0v) is 16.8. The summed E-state index contributed by atoms with van der Waals surface area (Å²) in [5, 5.41) is 4.85. The van der Waals surface area contributed by atoms with Gasteiger partial charge in [-0.25, -0.2) is 4.98 Å². The van der Waals surface area contributed by atoms with E-state index in [1.165, 1.54) is 52.0 Å². The molecule has 0 atom stereocenters. The van der Waals surface area contributed by atoms with E-state index >= 15 is 0 Å². The molecule has 0 fully saturated rings. The molecule has 29 heavy (non-hydrogen) atoms. The highest BCUT2D eigenvalue weighted by atomic mass is 32.1. The van der Waals surface area contributed by atoms with Gasteiger partial charge in [0.25, 0.3) is 5.91 Å². The van der Waals surface area contributed by atoms with Crippen LogP contribution in [0.3, 0.4) is 0 Å². The number of benzene rings is 1. The number of amides is 2. The van der Waals surface area contributed by atoms with Gasteiger partial charge in [-0.1, -0.05) is 18.2 Å². The van der Waals surface area contributed by atoms with E-state index in [1.807, 2.05) is 17.5 Å². The Kier molecular flexibility index (Phi) is 6.33. The van der Waals surface area contributed by atoms with Gasteiger partial charge in [-0.05, 0) is 30.5 Å². The molecule has 10 heteroatoms. The summed E-state index contributed by atoms with van der Waals surface area (Å²) in [6, 6.07) is 8.48. The second-order valence-electron chi connectivity index (χ2n) is 5.92. The van der Waals surface area contributed by atoms with Crippen molar-refractivity contribution in [3.05, 3.63) is 58.4 Å². The lowest BCUT2D eigenvalue weighted by molar-refractivity contribution is -0.137. The molecule has 0 spiro atoms. The Hall–Kier alpha value is -2.72. The van der Waals surface area contributed by atoms with Crippen LogP contribution < -0.4 is 5.32 Å². The standard InChI is InChI=1S/C19H16F3N3O2S2/c1-2-25(18(27)15-10-23-17(29-15)14-8-5-9-28-14)11-16(26)24-13-7-4-3-6-12(13)19(20,21)22/h3-10H,2,11H2,1H3,(H,24,26). The van der Waals surface area contributed by atoms with Crippen LogP contribution in [0.2, 0.25) is 0 Å². The van der Waals surface area contributed by atoms with Crippen LogP contribution in [0.1, 0.15) is 22.2 Å². The van der Waals surface area contributed by atoms with Gasteiger partial charge in [0, 0.05) is 6.54 Å². The second-order valence-corrected chi connectivity index (χ2v) is 7.90. The highest BCUT2D eigenvalue weighted by Crippen LogP contribution is 2.34. The quantitative estimate of drug-likeness (QED) is 0.589. The molecule has 3 aromatic rings. The normalized spacial score (nSPS) is 11.3. The van der Waals surface area contributed by atoms with E-state index in [9.17, 15) is 22.8 Å². The number of halogens is 3. The number of carbonyl (C=O) groups excluding carboxylic acids is 2. The molecule has 152 valence electrons. The summed E-state index contributed by atoms with van der Waals surface area (Å²) in [6.07, 6.45) is -3.15. The molecule has 1 N–H and O–H groups in total. The largest absolute Gasteiger partial charge is 0.418 e. The number of nitrogens with one attached hydrogen (secondary N) is 1. The van der Waals surface area contributed by atoms with Gasteiger partial charge in [0.1, 0.15) is 16.4 Å². The number of rotatable bonds is 6. The van der Waals surface area contributed by atoms with Crippen LogP contribution in [-0.2, 0) is 11.0 Å². The third kappa shape index (κ3) is 5.01. The van der Waals surface area contributed by atoms with E-state index in [0.29, 0.717) is 9.88 Å². The van der Waals surface area contributed by atoms with Gasteiger partial charge < -0.3 is 10.2 Å². The third-order valence-corrected chi connectivity index (χ3v) is 5.98. The van der Waals surface area contributed by atoms with Crippen LogP contribution in [0.15, 0.2) is 48.0 Å². The minimum absolute atomic E-state index is 0.222. The molecule has 2 amide bonds. The molecule has 0 aliphatic heterocycles. The maximum atomic E-state index is 13.1. The summed E-state index contributed by atoms with van der Waals surface area (Å²) in [4.78, 5) is 31.8. The molecule has 0 aliphatic rings. The summed E-state index contributed by atoms with van der Waals surface area (Å²) >= 11 is 2.70. The predicted octanol–water partition coefficient (Wildman–Crippen LogP) is 4.99. The maximum absolute atomic E-state index is 13.1. The van der Waals surface area contributed by atoms with Crippen LogP contribution in [-0.4, -0.2) is 34.8 Å². The first-order chi connectivity index (χ1) is 13.8. The molecule has 3 rings (SSSR count). The van der Waals surface area contributed by atoms with Crippen molar-refractivity contribution in [3.8, 4) is 9.88 Å². The number of hydrogen-bond donors (Lipinski definition) is 1. The number of anilines is 1. The smallest absolute Gasteiger partial charge is 0.329 e. The molecule has 0 bridgehead atoms. The van der Waals surface area contributed by atoms with Gasteiger partial charge in [0.15, 0.2) is 0 Å². The van der Waals surface area contributed by atoms with Crippen LogP contribution in [0, 0.1) is 0 Å². The second kappa shape index (κ2) is 8.75. The number of para-hydroxylation sites is 1. The fourth-order valence-electron chi connectivity index (χ4n) is 2.57. The summed E-state index contributed by atoms with van der Waals surface area (Å²) in [7, 11) is 0.